The summed E-state index contributed by atoms with van der Waals surface area (Å²) >= 11 is 1.27. The highest BCUT2D eigenvalue weighted by Crippen LogP contribution is 2.14. The van der Waals surface area contributed by atoms with E-state index in [0.717, 1.165) is 0 Å². The summed E-state index contributed by atoms with van der Waals surface area (Å²) in [5, 5.41) is 10.5. The Kier molecular flexibility index (Phi) is 4.03. The first kappa shape index (κ1) is 12.3. The number of carbonyl (C=O) groups is 1. The van der Waals surface area contributed by atoms with E-state index >= 15 is 0 Å². The molecule has 18 heavy (non-hydrogen) atoms. The molecule has 1 aromatic heterocycles. The van der Waals surface area contributed by atoms with Gasteiger partial charge >= 0.3 is 0 Å². The summed E-state index contributed by atoms with van der Waals surface area (Å²) in [4.78, 5) is 11.8. The molecule has 0 saturated carbocycles. The topological polar surface area (TPSA) is 64.1 Å². The van der Waals surface area contributed by atoms with E-state index in [9.17, 15) is 4.79 Å². The van der Waals surface area contributed by atoms with Gasteiger partial charge in [-0.1, -0.05) is 24.0 Å². The Labute approximate surface area is 108 Å². The number of carbonyl (C=O) groups excluding carboxylic acids is 1. The minimum Gasteiger partial charge on any atom is -0.490 e. The molecular formula is C12H11N3O2S. The predicted octanol–water partition coefficient (Wildman–Crippen LogP) is 2.36. The summed E-state index contributed by atoms with van der Waals surface area (Å²) in [7, 11) is 0. The molecule has 2 rings (SSSR count). The molecule has 0 radical (unpaired) electrons. The van der Waals surface area contributed by atoms with Gasteiger partial charge in [0.15, 0.2) is 0 Å². The summed E-state index contributed by atoms with van der Waals surface area (Å²) in [5.74, 6) is 0.476. The molecule has 2 aromatic rings. The first-order chi connectivity index (χ1) is 8.79. The Morgan fingerprint density at radius 3 is 2.83 bits per heavy atom. The Hall–Kier alpha value is -2.21. The maximum absolute atomic E-state index is 11.8. The smallest absolute Gasteiger partial charge is 0.257 e. The lowest BCUT2D eigenvalue weighted by Gasteiger charge is -2.04. The number of rotatable bonds is 5. The third kappa shape index (κ3) is 3.14. The quantitative estimate of drug-likeness (QED) is 0.839. The van der Waals surface area contributed by atoms with E-state index in [0.29, 0.717) is 23.1 Å². The average Bonchev–Trinajstić information content (AvgIpc) is 2.89. The summed E-state index contributed by atoms with van der Waals surface area (Å²) in [6.45, 7) is 4.00. The second kappa shape index (κ2) is 5.92. The number of nitrogens with one attached hydrogen (secondary N) is 1. The fourth-order valence-electron chi connectivity index (χ4n) is 1.25. The van der Waals surface area contributed by atoms with Crippen LogP contribution in [0.25, 0.3) is 0 Å². The van der Waals surface area contributed by atoms with Crippen LogP contribution in [0.3, 0.4) is 0 Å². The minimum atomic E-state index is -0.220. The van der Waals surface area contributed by atoms with E-state index in [1.165, 1.54) is 11.3 Å². The molecule has 6 heteroatoms. The molecule has 0 spiro atoms. The third-order valence-corrected chi connectivity index (χ3v) is 2.67. The van der Waals surface area contributed by atoms with Gasteiger partial charge in [0, 0.05) is 5.56 Å². The van der Waals surface area contributed by atoms with Gasteiger partial charge in [-0.3, -0.25) is 10.1 Å². The summed E-state index contributed by atoms with van der Waals surface area (Å²) in [6, 6.07) is 6.85. The van der Waals surface area contributed by atoms with Gasteiger partial charge in [-0.25, -0.2) is 0 Å². The molecule has 0 saturated heterocycles. The Balaban J connectivity index is 2.00. The Morgan fingerprint density at radius 2 is 2.22 bits per heavy atom. The van der Waals surface area contributed by atoms with Gasteiger partial charge in [0.2, 0.25) is 5.13 Å². The highest BCUT2D eigenvalue weighted by molar-refractivity contribution is 7.13. The number of hydrogen-bond donors (Lipinski definition) is 1. The van der Waals surface area contributed by atoms with Gasteiger partial charge in [-0.15, -0.1) is 10.2 Å². The van der Waals surface area contributed by atoms with E-state index in [2.05, 4.69) is 22.1 Å². The number of hydrogen-bond acceptors (Lipinski definition) is 5. The maximum atomic E-state index is 11.8. The number of nitrogens with zero attached hydrogens (tertiary/aromatic N) is 2. The molecule has 0 fully saturated rings. The van der Waals surface area contributed by atoms with Crippen LogP contribution in [0.1, 0.15) is 10.4 Å². The lowest BCUT2D eigenvalue weighted by atomic mass is 10.2. The van der Waals surface area contributed by atoms with Crippen molar-refractivity contribution in [2.75, 3.05) is 11.9 Å². The lowest BCUT2D eigenvalue weighted by Crippen LogP contribution is -2.11. The fraction of sp³-hybridized carbons (Fsp3) is 0.0833. The highest BCUT2D eigenvalue weighted by atomic mass is 32.1. The fourth-order valence-corrected chi connectivity index (χ4v) is 1.69. The van der Waals surface area contributed by atoms with Crippen molar-refractivity contribution < 1.29 is 9.53 Å². The van der Waals surface area contributed by atoms with Crippen LogP contribution in [0.4, 0.5) is 5.13 Å². The minimum absolute atomic E-state index is 0.220. The molecule has 0 atom stereocenters. The molecule has 1 N–H and O–H groups in total. The zero-order valence-corrected chi connectivity index (χ0v) is 10.3. The van der Waals surface area contributed by atoms with Crippen LogP contribution in [-0.4, -0.2) is 22.7 Å². The normalized spacial score (nSPS) is 9.78. The number of amides is 1. The van der Waals surface area contributed by atoms with Crippen molar-refractivity contribution in [1.29, 1.82) is 0 Å². The summed E-state index contributed by atoms with van der Waals surface area (Å²) in [6.07, 6.45) is 1.66. The summed E-state index contributed by atoms with van der Waals surface area (Å²) < 4.78 is 5.33. The Morgan fingerprint density at radius 1 is 1.44 bits per heavy atom. The van der Waals surface area contributed by atoms with Crippen molar-refractivity contribution in [3.63, 3.8) is 0 Å². The summed E-state index contributed by atoms with van der Waals surface area (Å²) in [5.41, 5.74) is 2.10. The standard InChI is InChI=1S/C12H11N3O2S/c1-2-7-17-10-5-3-9(4-6-10)11(16)14-12-15-13-8-18-12/h2-6,8H,1,7H2,(H,14,15,16). The van der Waals surface area contributed by atoms with Crippen molar-refractivity contribution in [3.05, 3.63) is 48.0 Å². The van der Waals surface area contributed by atoms with Crippen LogP contribution in [0, 0.1) is 0 Å². The molecule has 0 unspecified atom stereocenters. The van der Waals surface area contributed by atoms with Crippen LogP contribution in [-0.2, 0) is 0 Å². The van der Waals surface area contributed by atoms with Crippen molar-refractivity contribution in [1.82, 2.24) is 10.2 Å². The van der Waals surface area contributed by atoms with E-state index in [4.69, 9.17) is 4.74 Å². The van der Waals surface area contributed by atoms with E-state index in [-0.39, 0.29) is 5.91 Å². The molecule has 0 aliphatic carbocycles. The van der Waals surface area contributed by atoms with Gasteiger partial charge in [-0.2, -0.15) is 0 Å². The van der Waals surface area contributed by atoms with Crippen LogP contribution in [0.15, 0.2) is 42.4 Å². The van der Waals surface area contributed by atoms with Crippen LogP contribution in [0.5, 0.6) is 5.75 Å². The predicted molar refractivity (Wildman–Crippen MR) is 70.0 cm³/mol. The molecule has 0 aliphatic rings. The molecule has 1 aromatic carbocycles. The SMILES string of the molecule is C=CCOc1ccc(C(=O)Nc2nncs2)cc1. The van der Waals surface area contributed by atoms with Gasteiger partial charge in [0.05, 0.1) is 0 Å². The number of ether oxygens (including phenoxy) is 1. The molecule has 92 valence electrons. The van der Waals surface area contributed by atoms with E-state index in [1.54, 1.807) is 35.9 Å². The van der Waals surface area contributed by atoms with Crippen molar-refractivity contribution in [2.24, 2.45) is 0 Å². The van der Waals surface area contributed by atoms with Crippen LogP contribution < -0.4 is 10.1 Å². The van der Waals surface area contributed by atoms with Gasteiger partial charge in [0.25, 0.3) is 5.91 Å². The van der Waals surface area contributed by atoms with Crippen molar-refractivity contribution >= 4 is 22.4 Å². The van der Waals surface area contributed by atoms with Gasteiger partial charge < -0.3 is 4.74 Å². The largest absolute Gasteiger partial charge is 0.490 e. The van der Waals surface area contributed by atoms with E-state index < -0.39 is 0 Å². The molecule has 5 nitrogen and oxygen atoms in total. The number of benzene rings is 1. The van der Waals surface area contributed by atoms with Gasteiger partial charge in [-0.05, 0) is 24.3 Å². The average molecular weight is 261 g/mol. The second-order valence-corrected chi connectivity index (χ2v) is 4.16. The van der Waals surface area contributed by atoms with Crippen LogP contribution >= 0.6 is 11.3 Å². The van der Waals surface area contributed by atoms with Crippen LogP contribution in [0.2, 0.25) is 0 Å². The first-order valence-corrected chi connectivity index (χ1v) is 6.09. The zero-order valence-electron chi connectivity index (χ0n) is 9.50. The first-order valence-electron chi connectivity index (χ1n) is 5.21. The van der Waals surface area contributed by atoms with E-state index in [1.807, 2.05) is 0 Å². The third-order valence-electron chi connectivity index (χ3n) is 2.06. The van der Waals surface area contributed by atoms with Gasteiger partial charge in [0.1, 0.15) is 17.9 Å². The van der Waals surface area contributed by atoms with Crippen molar-refractivity contribution in [3.8, 4) is 5.75 Å². The monoisotopic (exact) mass is 261 g/mol. The maximum Gasteiger partial charge on any atom is 0.257 e. The second-order valence-electron chi connectivity index (χ2n) is 3.32. The lowest BCUT2D eigenvalue weighted by molar-refractivity contribution is 0.102. The highest BCUT2D eigenvalue weighted by Gasteiger charge is 2.07. The molecular weight excluding hydrogens is 250 g/mol. The number of aromatic nitrogens is 2. The van der Waals surface area contributed by atoms with Crippen molar-refractivity contribution in [2.45, 2.75) is 0 Å². The molecule has 1 heterocycles. The molecule has 1 amide bonds. The molecule has 0 bridgehead atoms. The molecule has 0 aliphatic heterocycles. The number of anilines is 1. The Bertz CT molecular complexity index is 523. The zero-order chi connectivity index (χ0) is 12.8.